The summed E-state index contributed by atoms with van der Waals surface area (Å²) in [6, 6.07) is 0. The van der Waals surface area contributed by atoms with Crippen molar-refractivity contribution in [1.82, 2.24) is 4.90 Å². The molecule has 0 radical (unpaired) electrons. The van der Waals surface area contributed by atoms with Crippen LogP contribution in [0.5, 0.6) is 0 Å². The van der Waals surface area contributed by atoms with Crippen molar-refractivity contribution < 1.29 is 9.90 Å². The first kappa shape index (κ1) is 15.4. The van der Waals surface area contributed by atoms with Gasteiger partial charge in [-0.2, -0.15) is 0 Å². The lowest BCUT2D eigenvalue weighted by Gasteiger charge is -2.27. The van der Waals surface area contributed by atoms with Crippen LogP contribution in [-0.4, -0.2) is 36.1 Å². The van der Waals surface area contributed by atoms with E-state index >= 15 is 0 Å². The minimum absolute atomic E-state index is 0.303. The van der Waals surface area contributed by atoms with Gasteiger partial charge < -0.3 is 10.0 Å². The van der Waals surface area contributed by atoms with Crippen LogP contribution in [0.4, 0.5) is 0 Å². The van der Waals surface area contributed by atoms with Gasteiger partial charge in [-0.25, -0.2) is 0 Å². The first-order valence-electron chi connectivity index (χ1n) is 5.96. The Morgan fingerprint density at radius 1 is 1.19 bits per heavy atom. The maximum absolute atomic E-state index is 10.9. The summed E-state index contributed by atoms with van der Waals surface area (Å²) < 4.78 is 0. The molecular weight excluding hydrogens is 202 g/mol. The fourth-order valence-corrected chi connectivity index (χ4v) is 1.79. The van der Waals surface area contributed by atoms with Crippen LogP contribution in [0.3, 0.4) is 0 Å². The highest BCUT2D eigenvalue weighted by atomic mass is 16.4. The summed E-state index contributed by atoms with van der Waals surface area (Å²) in [6.45, 7) is 12.2. The molecule has 0 spiro atoms. The standard InChI is InChI=1S/C13H27NO2/c1-12(2,3)10-14(6)9-7-8-13(4,5)11(15)16/h7-10H2,1-6H3,(H,15,16). The van der Waals surface area contributed by atoms with Crippen molar-refractivity contribution in [3.05, 3.63) is 0 Å². The third kappa shape index (κ3) is 6.83. The van der Waals surface area contributed by atoms with Gasteiger partial charge in [-0.3, -0.25) is 4.79 Å². The van der Waals surface area contributed by atoms with Gasteiger partial charge >= 0.3 is 5.97 Å². The number of nitrogens with zero attached hydrogens (tertiary/aromatic N) is 1. The van der Waals surface area contributed by atoms with Crippen LogP contribution in [0.15, 0.2) is 0 Å². The summed E-state index contributed by atoms with van der Waals surface area (Å²) in [6.07, 6.45) is 1.67. The molecule has 96 valence electrons. The highest BCUT2D eigenvalue weighted by molar-refractivity contribution is 5.73. The summed E-state index contributed by atoms with van der Waals surface area (Å²) in [5, 5.41) is 8.98. The van der Waals surface area contributed by atoms with Crippen LogP contribution in [0, 0.1) is 10.8 Å². The van der Waals surface area contributed by atoms with Crippen LogP contribution in [0.1, 0.15) is 47.5 Å². The van der Waals surface area contributed by atoms with Crippen molar-refractivity contribution in [2.45, 2.75) is 47.5 Å². The van der Waals surface area contributed by atoms with Crippen LogP contribution < -0.4 is 0 Å². The number of carboxylic acid groups (broad SMARTS) is 1. The Hall–Kier alpha value is -0.570. The van der Waals surface area contributed by atoms with E-state index in [-0.39, 0.29) is 0 Å². The first-order chi connectivity index (χ1) is 7.04. The van der Waals surface area contributed by atoms with Gasteiger partial charge in [-0.05, 0) is 45.7 Å². The zero-order valence-corrected chi connectivity index (χ0v) is 11.6. The number of rotatable bonds is 6. The molecule has 0 saturated heterocycles. The third-order valence-corrected chi connectivity index (χ3v) is 2.66. The lowest BCUT2D eigenvalue weighted by molar-refractivity contribution is -0.147. The molecule has 0 aromatic heterocycles. The molecule has 1 N–H and O–H groups in total. The number of carboxylic acids is 1. The number of carbonyl (C=O) groups is 1. The van der Waals surface area contributed by atoms with Crippen molar-refractivity contribution in [2.75, 3.05) is 20.1 Å². The maximum Gasteiger partial charge on any atom is 0.309 e. The largest absolute Gasteiger partial charge is 0.481 e. The van der Waals surface area contributed by atoms with E-state index in [2.05, 4.69) is 32.7 Å². The van der Waals surface area contributed by atoms with E-state index in [1.165, 1.54) is 0 Å². The molecule has 0 aromatic rings. The van der Waals surface area contributed by atoms with Crippen LogP contribution in [-0.2, 0) is 4.79 Å². The lowest BCUT2D eigenvalue weighted by atomic mass is 9.88. The molecular formula is C13H27NO2. The van der Waals surface area contributed by atoms with Gasteiger partial charge in [-0.15, -0.1) is 0 Å². The topological polar surface area (TPSA) is 40.5 Å². The molecule has 0 fully saturated rings. The van der Waals surface area contributed by atoms with Crippen molar-refractivity contribution in [1.29, 1.82) is 0 Å². The van der Waals surface area contributed by atoms with Gasteiger partial charge in [0.05, 0.1) is 5.41 Å². The Morgan fingerprint density at radius 3 is 2.06 bits per heavy atom. The van der Waals surface area contributed by atoms with E-state index in [0.717, 1.165) is 25.9 Å². The summed E-state index contributed by atoms with van der Waals surface area (Å²) in [7, 11) is 2.10. The molecule has 0 saturated carbocycles. The zero-order chi connectivity index (χ0) is 13.0. The molecule has 3 heteroatoms. The van der Waals surface area contributed by atoms with Crippen LogP contribution >= 0.6 is 0 Å². The van der Waals surface area contributed by atoms with Gasteiger partial charge in [0, 0.05) is 6.54 Å². The van der Waals surface area contributed by atoms with E-state index in [9.17, 15) is 4.79 Å². The van der Waals surface area contributed by atoms with Crippen molar-refractivity contribution >= 4 is 5.97 Å². The highest BCUT2D eigenvalue weighted by Crippen LogP contribution is 2.23. The minimum Gasteiger partial charge on any atom is -0.481 e. The molecule has 0 rings (SSSR count). The Labute approximate surface area is 99.8 Å². The van der Waals surface area contributed by atoms with Crippen LogP contribution in [0.25, 0.3) is 0 Å². The summed E-state index contributed by atoms with van der Waals surface area (Å²) in [5.74, 6) is -0.703. The van der Waals surface area contributed by atoms with E-state index in [4.69, 9.17) is 5.11 Å². The molecule has 0 heterocycles. The molecule has 0 aromatic carbocycles. The molecule has 0 bridgehead atoms. The molecule has 0 aliphatic carbocycles. The summed E-state index contributed by atoms with van der Waals surface area (Å²) in [4.78, 5) is 13.2. The second kappa shape index (κ2) is 5.67. The normalized spacial score (nSPS) is 13.2. The average molecular weight is 229 g/mol. The predicted molar refractivity (Wildman–Crippen MR) is 67.6 cm³/mol. The zero-order valence-electron chi connectivity index (χ0n) is 11.6. The van der Waals surface area contributed by atoms with E-state index in [0.29, 0.717) is 5.41 Å². The molecule has 3 nitrogen and oxygen atoms in total. The second-order valence-electron chi connectivity index (χ2n) is 6.59. The minimum atomic E-state index is -0.703. The fraction of sp³-hybridized carbons (Fsp3) is 0.923. The van der Waals surface area contributed by atoms with Gasteiger partial charge in [0.25, 0.3) is 0 Å². The van der Waals surface area contributed by atoms with Crippen molar-refractivity contribution in [2.24, 2.45) is 10.8 Å². The van der Waals surface area contributed by atoms with E-state index in [1.54, 1.807) is 13.8 Å². The Bertz CT molecular complexity index is 229. The second-order valence-corrected chi connectivity index (χ2v) is 6.59. The third-order valence-electron chi connectivity index (χ3n) is 2.66. The molecule has 0 amide bonds. The van der Waals surface area contributed by atoms with Gasteiger partial charge in [0.2, 0.25) is 0 Å². The predicted octanol–water partition coefficient (Wildman–Crippen LogP) is 2.86. The molecule has 16 heavy (non-hydrogen) atoms. The molecule has 0 unspecified atom stereocenters. The number of aliphatic carboxylic acids is 1. The SMILES string of the molecule is CN(CCCC(C)(C)C(=O)O)CC(C)(C)C. The van der Waals surface area contributed by atoms with E-state index < -0.39 is 11.4 Å². The molecule has 0 atom stereocenters. The summed E-state index contributed by atoms with van der Waals surface area (Å²) >= 11 is 0. The maximum atomic E-state index is 10.9. The number of hydrogen-bond acceptors (Lipinski definition) is 2. The lowest BCUT2D eigenvalue weighted by Crippen LogP contribution is -2.31. The Kier molecular flexibility index (Phi) is 5.47. The molecule has 0 aliphatic rings. The van der Waals surface area contributed by atoms with Crippen LogP contribution in [0.2, 0.25) is 0 Å². The molecule has 0 aliphatic heterocycles. The highest BCUT2D eigenvalue weighted by Gasteiger charge is 2.26. The number of hydrogen-bond donors (Lipinski definition) is 1. The Balaban J connectivity index is 3.87. The quantitative estimate of drug-likeness (QED) is 0.761. The smallest absolute Gasteiger partial charge is 0.309 e. The summed E-state index contributed by atoms with van der Waals surface area (Å²) in [5.41, 5.74) is -0.292. The van der Waals surface area contributed by atoms with Gasteiger partial charge in [-0.1, -0.05) is 20.8 Å². The average Bonchev–Trinajstić information content (AvgIpc) is 1.99. The Morgan fingerprint density at radius 2 is 1.69 bits per heavy atom. The van der Waals surface area contributed by atoms with Gasteiger partial charge in [0.15, 0.2) is 0 Å². The van der Waals surface area contributed by atoms with E-state index in [1.807, 2.05) is 0 Å². The fourth-order valence-electron chi connectivity index (χ4n) is 1.79. The van der Waals surface area contributed by atoms with Gasteiger partial charge in [0.1, 0.15) is 0 Å². The first-order valence-corrected chi connectivity index (χ1v) is 5.96. The van der Waals surface area contributed by atoms with Crippen molar-refractivity contribution in [3.8, 4) is 0 Å². The monoisotopic (exact) mass is 229 g/mol. The van der Waals surface area contributed by atoms with Crippen molar-refractivity contribution in [3.63, 3.8) is 0 Å².